The summed E-state index contributed by atoms with van der Waals surface area (Å²) < 4.78 is 35.8. The van der Waals surface area contributed by atoms with Crippen LogP contribution in [0.5, 0.6) is 11.5 Å². The van der Waals surface area contributed by atoms with Gasteiger partial charge in [0.1, 0.15) is 4.87 Å². The van der Waals surface area contributed by atoms with Crippen molar-refractivity contribution >= 4 is 9.84 Å². The van der Waals surface area contributed by atoms with Crippen LogP contribution in [0.3, 0.4) is 0 Å². The first-order valence-corrected chi connectivity index (χ1v) is 8.18. The zero-order chi connectivity index (χ0) is 14.8. The van der Waals surface area contributed by atoms with Crippen molar-refractivity contribution in [1.82, 2.24) is 0 Å². The summed E-state index contributed by atoms with van der Waals surface area (Å²) in [6.07, 6.45) is 3.75. The molecule has 1 saturated carbocycles. The van der Waals surface area contributed by atoms with Crippen molar-refractivity contribution in [2.75, 3.05) is 14.2 Å². The van der Waals surface area contributed by atoms with Gasteiger partial charge in [0.2, 0.25) is 0 Å². The lowest BCUT2D eigenvalue weighted by atomic mass is 9.96. The molecule has 2 rings (SSSR count). The zero-order valence-electron chi connectivity index (χ0n) is 11.9. The largest absolute Gasteiger partial charge is 0.493 e. The summed E-state index contributed by atoms with van der Waals surface area (Å²) in [6.45, 7) is 0. The monoisotopic (exact) mass is 299 g/mol. The van der Waals surface area contributed by atoms with E-state index in [1.54, 1.807) is 6.07 Å². The average Bonchev–Trinajstić information content (AvgIpc) is 2.47. The number of benzene rings is 1. The van der Waals surface area contributed by atoms with E-state index in [0.717, 1.165) is 19.3 Å². The van der Waals surface area contributed by atoms with Crippen molar-refractivity contribution in [3.05, 3.63) is 18.2 Å². The second-order valence-electron chi connectivity index (χ2n) is 5.15. The lowest BCUT2D eigenvalue weighted by Crippen LogP contribution is -2.49. The van der Waals surface area contributed by atoms with Crippen LogP contribution in [0.25, 0.3) is 0 Å². The van der Waals surface area contributed by atoms with E-state index in [1.165, 1.54) is 26.4 Å². The number of ether oxygens (including phenoxy) is 2. The Bertz CT molecular complexity index is 577. The molecule has 0 aliphatic heterocycles. The highest BCUT2D eigenvalue weighted by Crippen LogP contribution is 2.37. The molecule has 20 heavy (non-hydrogen) atoms. The van der Waals surface area contributed by atoms with Crippen LogP contribution in [-0.4, -0.2) is 27.5 Å². The third-order valence-electron chi connectivity index (χ3n) is 3.90. The fraction of sp³-hybridized carbons (Fsp3) is 0.571. The highest BCUT2D eigenvalue weighted by Gasteiger charge is 2.42. The summed E-state index contributed by atoms with van der Waals surface area (Å²) in [5, 5.41) is 0. The quantitative estimate of drug-likeness (QED) is 0.921. The molecule has 0 bridgehead atoms. The summed E-state index contributed by atoms with van der Waals surface area (Å²) in [5.41, 5.74) is 6.17. The van der Waals surface area contributed by atoms with E-state index in [0.29, 0.717) is 24.3 Å². The Labute approximate surface area is 120 Å². The fourth-order valence-electron chi connectivity index (χ4n) is 2.64. The van der Waals surface area contributed by atoms with Gasteiger partial charge in [-0.1, -0.05) is 19.3 Å². The van der Waals surface area contributed by atoms with Crippen molar-refractivity contribution in [3.8, 4) is 11.5 Å². The maximum Gasteiger partial charge on any atom is 0.197 e. The summed E-state index contributed by atoms with van der Waals surface area (Å²) in [4.78, 5) is -0.968. The molecule has 1 aromatic rings. The number of nitrogens with two attached hydrogens (primary N) is 1. The molecule has 0 spiro atoms. The second-order valence-corrected chi connectivity index (χ2v) is 7.44. The van der Waals surface area contributed by atoms with E-state index < -0.39 is 14.7 Å². The van der Waals surface area contributed by atoms with Crippen LogP contribution < -0.4 is 15.2 Å². The molecule has 1 aliphatic carbocycles. The van der Waals surface area contributed by atoms with Gasteiger partial charge in [-0.25, -0.2) is 8.42 Å². The van der Waals surface area contributed by atoms with Crippen molar-refractivity contribution < 1.29 is 17.9 Å². The predicted octanol–water partition coefficient (Wildman–Crippen LogP) is 2.10. The highest BCUT2D eigenvalue weighted by molar-refractivity contribution is 7.92. The van der Waals surface area contributed by atoms with E-state index in [4.69, 9.17) is 15.2 Å². The van der Waals surface area contributed by atoms with Gasteiger partial charge >= 0.3 is 0 Å². The van der Waals surface area contributed by atoms with Crippen molar-refractivity contribution in [3.63, 3.8) is 0 Å². The van der Waals surface area contributed by atoms with Crippen LogP contribution in [0.1, 0.15) is 32.1 Å². The van der Waals surface area contributed by atoms with E-state index in [9.17, 15) is 8.42 Å². The molecule has 1 aliphatic rings. The van der Waals surface area contributed by atoms with Crippen molar-refractivity contribution in [2.24, 2.45) is 5.73 Å². The summed E-state index contributed by atoms with van der Waals surface area (Å²) in [7, 11) is -0.586. The molecule has 2 N–H and O–H groups in total. The molecule has 0 heterocycles. The van der Waals surface area contributed by atoms with Gasteiger partial charge in [0.15, 0.2) is 21.3 Å². The molecular weight excluding hydrogens is 278 g/mol. The Kier molecular flexibility index (Phi) is 4.25. The lowest BCUT2D eigenvalue weighted by molar-refractivity contribution is 0.353. The number of sulfone groups is 1. The van der Waals surface area contributed by atoms with E-state index in [2.05, 4.69) is 0 Å². The Hall–Kier alpha value is -1.27. The van der Waals surface area contributed by atoms with E-state index >= 15 is 0 Å². The number of hydrogen-bond acceptors (Lipinski definition) is 5. The van der Waals surface area contributed by atoms with E-state index in [1.807, 2.05) is 0 Å². The van der Waals surface area contributed by atoms with Crippen LogP contribution >= 0.6 is 0 Å². The molecule has 5 nitrogen and oxygen atoms in total. The molecule has 0 unspecified atom stereocenters. The Morgan fingerprint density at radius 1 is 1.05 bits per heavy atom. The number of rotatable bonds is 4. The highest BCUT2D eigenvalue weighted by atomic mass is 32.2. The lowest BCUT2D eigenvalue weighted by Gasteiger charge is -2.32. The smallest absolute Gasteiger partial charge is 0.197 e. The Morgan fingerprint density at radius 2 is 1.65 bits per heavy atom. The SMILES string of the molecule is COc1ccc(S(=O)(=O)C2(N)CCCCC2)cc1OC. The Morgan fingerprint density at radius 3 is 2.20 bits per heavy atom. The summed E-state index contributed by atoms with van der Waals surface area (Å²) in [5.74, 6) is 0.897. The first-order valence-electron chi connectivity index (χ1n) is 6.70. The van der Waals surface area contributed by atoms with Gasteiger partial charge in [0, 0.05) is 6.07 Å². The Balaban J connectivity index is 2.44. The molecule has 0 amide bonds. The van der Waals surface area contributed by atoms with Crippen LogP contribution in [0.4, 0.5) is 0 Å². The topological polar surface area (TPSA) is 78.6 Å². The molecule has 1 aromatic carbocycles. The molecule has 6 heteroatoms. The van der Waals surface area contributed by atoms with Gasteiger partial charge in [0.25, 0.3) is 0 Å². The number of hydrogen-bond donors (Lipinski definition) is 1. The van der Waals surface area contributed by atoms with Gasteiger partial charge in [-0.3, -0.25) is 0 Å². The molecule has 1 fully saturated rings. The van der Waals surface area contributed by atoms with Crippen LogP contribution in [0.2, 0.25) is 0 Å². The standard InChI is InChI=1S/C14H21NO4S/c1-18-12-7-6-11(10-13(12)19-2)20(16,17)14(15)8-4-3-5-9-14/h6-7,10H,3-5,8-9,15H2,1-2H3. The minimum absolute atomic E-state index is 0.194. The summed E-state index contributed by atoms with van der Waals surface area (Å²) in [6, 6.07) is 4.61. The van der Waals surface area contributed by atoms with Crippen molar-refractivity contribution in [2.45, 2.75) is 41.9 Å². The normalized spacial score (nSPS) is 18.6. The minimum Gasteiger partial charge on any atom is -0.493 e. The minimum atomic E-state index is -3.58. The van der Waals surface area contributed by atoms with Gasteiger partial charge < -0.3 is 15.2 Å². The average molecular weight is 299 g/mol. The molecular formula is C14H21NO4S. The molecule has 0 aromatic heterocycles. The first kappa shape index (κ1) is 15.1. The van der Waals surface area contributed by atoms with Gasteiger partial charge in [-0.15, -0.1) is 0 Å². The fourth-order valence-corrected chi connectivity index (χ4v) is 4.44. The molecule has 0 radical (unpaired) electrons. The molecule has 0 saturated heterocycles. The van der Waals surface area contributed by atoms with Crippen molar-refractivity contribution in [1.29, 1.82) is 0 Å². The van der Waals surface area contributed by atoms with Gasteiger partial charge in [0.05, 0.1) is 19.1 Å². The third-order valence-corrected chi connectivity index (χ3v) is 6.25. The van der Waals surface area contributed by atoms with Crippen LogP contribution in [0.15, 0.2) is 23.1 Å². The van der Waals surface area contributed by atoms with Gasteiger partial charge in [-0.2, -0.15) is 0 Å². The first-order chi connectivity index (χ1) is 9.44. The summed E-state index contributed by atoms with van der Waals surface area (Å²) >= 11 is 0. The predicted molar refractivity (Wildman–Crippen MR) is 76.7 cm³/mol. The third kappa shape index (κ3) is 2.50. The van der Waals surface area contributed by atoms with E-state index in [-0.39, 0.29) is 4.90 Å². The van der Waals surface area contributed by atoms with Crippen LogP contribution in [-0.2, 0) is 9.84 Å². The molecule has 0 atom stereocenters. The maximum absolute atomic E-state index is 12.8. The van der Waals surface area contributed by atoms with Gasteiger partial charge in [-0.05, 0) is 25.0 Å². The maximum atomic E-state index is 12.8. The molecule has 112 valence electrons. The number of methoxy groups -OCH3 is 2. The van der Waals surface area contributed by atoms with Crippen LogP contribution in [0, 0.1) is 0 Å². The second kappa shape index (κ2) is 5.61. The zero-order valence-corrected chi connectivity index (χ0v) is 12.7.